The summed E-state index contributed by atoms with van der Waals surface area (Å²) in [5.41, 5.74) is 2.68. The molecule has 148 valence electrons. The van der Waals surface area contributed by atoms with Crippen molar-refractivity contribution in [2.75, 3.05) is 32.5 Å². The van der Waals surface area contributed by atoms with Crippen LogP contribution in [0.2, 0.25) is 0 Å². The average molecular weight is 382 g/mol. The van der Waals surface area contributed by atoms with Crippen LogP contribution in [0.5, 0.6) is 0 Å². The molecule has 0 aliphatic rings. The quantitative estimate of drug-likeness (QED) is 0.634. The number of nitrogens with one attached hydrogen (secondary N) is 3. The summed E-state index contributed by atoms with van der Waals surface area (Å²) in [6.07, 6.45) is 0. The van der Waals surface area contributed by atoms with Crippen molar-refractivity contribution in [3.05, 3.63) is 65.2 Å². The minimum absolute atomic E-state index is 0.289. The minimum atomic E-state index is -0.807. The van der Waals surface area contributed by atoms with E-state index in [0.717, 1.165) is 11.1 Å². The molecule has 0 aliphatic heterocycles. The predicted octanol–water partition coefficient (Wildman–Crippen LogP) is 1.54. The van der Waals surface area contributed by atoms with Crippen LogP contribution in [0, 0.1) is 6.92 Å². The summed E-state index contributed by atoms with van der Waals surface area (Å²) >= 11 is 0. The van der Waals surface area contributed by atoms with E-state index in [1.807, 2.05) is 50.2 Å². The second kappa shape index (κ2) is 10.2. The van der Waals surface area contributed by atoms with Gasteiger partial charge in [-0.1, -0.05) is 36.4 Å². The molecule has 0 radical (unpaired) electrons. The van der Waals surface area contributed by atoms with Gasteiger partial charge in [-0.25, -0.2) is 0 Å². The van der Waals surface area contributed by atoms with Crippen LogP contribution >= 0.6 is 0 Å². The summed E-state index contributed by atoms with van der Waals surface area (Å²) in [5, 5.41) is 7.91. The predicted molar refractivity (Wildman–Crippen MR) is 109 cm³/mol. The van der Waals surface area contributed by atoms with Gasteiger partial charge in [0.15, 0.2) is 0 Å². The molecule has 0 aromatic heterocycles. The van der Waals surface area contributed by atoms with Gasteiger partial charge in [-0.05, 0) is 44.3 Å². The SMILES string of the molecule is Cc1ccccc1CNC(=O)c1ccccc1NC(=O)C(=O)NCCN(C)C. The number of carbonyl (C=O) groups is 3. The third kappa shape index (κ3) is 6.21. The van der Waals surface area contributed by atoms with Crippen LogP contribution in [0.15, 0.2) is 48.5 Å². The molecule has 0 saturated heterocycles. The summed E-state index contributed by atoms with van der Waals surface area (Å²) in [6.45, 7) is 3.33. The number of likely N-dealkylation sites (N-methyl/N-ethyl adjacent to an activating group) is 1. The normalized spacial score (nSPS) is 10.4. The number of aryl methyl sites for hydroxylation is 1. The highest BCUT2D eigenvalue weighted by atomic mass is 16.2. The highest BCUT2D eigenvalue weighted by Crippen LogP contribution is 2.15. The maximum atomic E-state index is 12.6. The fourth-order valence-corrected chi connectivity index (χ4v) is 2.52. The van der Waals surface area contributed by atoms with Gasteiger partial charge in [-0.2, -0.15) is 0 Å². The molecule has 0 heterocycles. The van der Waals surface area contributed by atoms with Crippen molar-refractivity contribution in [2.24, 2.45) is 0 Å². The van der Waals surface area contributed by atoms with Gasteiger partial charge in [0, 0.05) is 19.6 Å². The van der Waals surface area contributed by atoms with Crippen molar-refractivity contribution < 1.29 is 14.4 Å². The van der Waals surface area contributed by atoms with Crippen LogP contribution < -0.4 is 16.0 Å². The van der Waals surface area contributed by atoms with E-state index in [4.69, 9.17) is 0 Å². The molecule has 2 rings (SSSR count). The van der Waals surface area contributed by atoms with Crippen LogP contribution in [0.25, 0.3) is 0 Å². The number of rotatable bonds is 7. The van der Waals surface area contributed by atoms with E-state index in [0.29, 0.717) is 25.2 Å². The van der Waals surface area contributed by atoms with Gasteiger partial charge in [0.1, 0.15) is 0 Å². The molecular formula is C21H26N4O3. The molecule has 0 bridgehead atoms. The molecule has 0 fully saturated rings. The zero-order valence-electron chi connectivity index (χ0n) is 16.4. The maximum Gasteiger partial charge on any atom is 0.313 e. The highest BCUT2D eigenvalue weighted by molar-refractivity contribution is 6.40. The number of hydrogen-bond acceptors (Lipinski definition) is 4. The molecule has 0 unspecified atom stereocenters. The zero-order valence-corrected chi connectivity index (χ0v) is 16.4. The largest absolute Gasteiger partial charge is 0.348 e. The highest BCUT2D eigenvalue weighted by Gasteiger charge is 2.17. The van der Waals surface area contributed by atoms with Gasteiger partial charge in [-0.3, -0.25) is 14.4 Å². The number of nitrogens with zero attached hydrogens (tertiary/aromatic N) is 1. The standard InChI is InChI=1S/C21H26N4O3/c1-15-8-4-5-9-16(15)14-23-19(26)17-10-6-7-11-18(17)24-21(28)20(27)22-12-13-25(2)3/h4-11H,12-14H2,1-3H3,(H,22,27)(H,23,26)(H,24,28). The lowest BCUT2D eigenvalue weighted by molar-refractivity contribution is -0.136. The van der Waals surface area contributed by atoms with Gasteiger partial charge < -0.3 is 20.9 Å². The average Bonchev–Trinajstić information content (AvgIpc) is 2.67. The van der Waals surface area contributed by atoms with Gasteiger partial charge in [0.2, 0.25) is 0 Å². The Kier molecular flexibility index (Phi) is 7.71. The van der Waals surface area contributed by atoms with Crippen molar-refractivity contribution in [3.8, 4) is 0 Å². The summed E-state index contributed by atoms with van der Waals surface area (Å²) in [4.78, 5) is 38.5. The van der Waals surface area contributed by atoms with E-state index in [9.17, 15) is 14.4 Å². The van der Waals surface area contributed by atoms with E-state index in [1.165, 1.54) is 0 Å². The fourth-order valence-electron chi connectivity index (χ4n) is 2.52. The first kappa shape index (κ1) is 21.1. The molecule has 0 aliphatic carbocycles. The van der Waals surface area contributed by atoms with Crippen molar-refractivity contribution >= 4 is 23.4 Å². The van der Waals surface area contributed by atoms with Crippen molar-refractivity contribution in [3.63, 3.8) is 0 Å². The fraction of sp³-hybridized carbons (Fsp3) is 0.286. The van der Waals surface area contributed by atoms with E-state index < -0.39 is 11.8 Å². The zero-order chi connectivity index (χ0) is 20.5. The Labute approximate surface area is 165 Å². The van der Waals surface area contributed by atoms with E-state index in [1.54, 1.807) is 24.3 Å². The first-order valence-electron chi connectivity index (χ1n) is 9.04. The topological polar surface area (TPSA) is 90.5 Å². The molecule has 0 spiro atoms. The lowest BCUT2D eigenvalue weighted by atomic mass is 10.1. The van der Waals surface area contributed by atoms with E-state index >= 15 is 0 Å². The minimum Gasteiger partial charge on any atom is -0.348 e. The van der Waals surface area contributed by atoms with Crippen molar-refractivity contribution in [2.45, 2.75) is 13.5 Å². The molecule has 3 N–H and O–H groups in total. The van der Waals surface area contributed by atoms with Crippen LogP contribution in [0.3, 0.4) is 0 Å². The molecular weight excluding hydrogens is 356 g/mol. The lowest BCUT2D eigenvalue weighted by Crippen LogP contribution is -2.39. The number of amides is 3. The second-order valence-corrected chi connectivity index (χ2v) is 6.67. The monoisotopic (exact) mass is 382 g/mol. The van der Waals surface area contributed by atoms with Gasteiger partial charge in [-0.15, -0.1) is 0 Å². The Morgan fingerprint density at radius 1 is 0.893 bits per heavy atom. The third-order valence-electron chi connectivity index (χ3n) is 4.17. The Morgan fingerprint density at radius 3 is 2.29 bits per heavy atom. The van der Waals surface area contributed by atoms with Crippen molar-refractivity contribution in [1.29, 1.82) is 0 Å². The van der Waals surface area contributed by atoms with E-state index in [2.05, 4.69) is 16.0 Å². The smallest absolute Gasteiger partial charge is 0.313 e. The summed E-state index contributed by atoms with van der Waals surface area (Å²) < 4.78 is 0. The summed E-state index contributed by atoms with van der Waals surface area (Å²) in [6, 6.07) is 14.4. The molecule has 0 atom stereocenters. The van der Waals surface area contributed by atoms with Crippen LogP contribution in [-0.4, -0.2) is 49.8 Å². The third-order valence-corrected chi connectivity index (χ3v) is 4.17. The van der Waals surface area contributed by atoms with Crippen molar-refractivity contribution in [1.82, 2.24) is 15.5 Å². The van der Waals surface area contributed by atoms with Gasteiger partial charge in [0.05, 0.1) is 11.3 Å². The Balaban J connectivity index is 1.99. The van der Waals surface area contributed by atoms with Crippen LogP contribution in [0.1, 0.15) is 21.5 Å². The maximum absolute atomic E-state index is 12.6. The Hall–Kier alpha value is -3.19. The number of carbonyl (C=O) groups excluding carboxylic acids is 3. The Bertz CT molecular complexity index is 849. The first-order chi connectivity index (χ1) is 13.4. The molecule has 3 amide bonds. The number of hydrogen-bond donors (Lipinski definition) is 3. The molecule has 7 heteroatoms. The number of anilines is 1. The van der Waals surface area contributed by atoms with E-state index in [-0.39, 0.29) is 11.6 Å². The summed E-state index contributed by atoms with van der Waals surface area (Å²) in [7, 11) is 3.75. The Morgan fingerprint density at radius 2 is 1.57 bits per heavy atom. The van der Waals surface area contributed by atoms with Gasteiger partial charge in [0.25, 0.3) is 5.91 Å². The molecule has 0 saturated carbocycles. The molecule has 2 aromatic carbocycles. The summed E-state index contributed by atoms with van der Waals surface area (Å²) in [5.74, 6) is -1.87. The molecule has 2 aromatic rings. The molecule has 7 nitrogen and oxygen atoms in total. The number of para-hydroxylation sites is 1. The lowest BCUT2D eigenvalue weighted by Gasteiger charge is -2.13. The van der Waals surface area contributed by atoms with Gasteiger partial charge >= 0.3 is 11.8 Å². The number of benzene rings is 2. The van der Waals surface area contributed by atoms with Crippen LogP contribution in [-0.2, 0) is 16.1 Å². The molecule has 28 heavy (non-hydrogen) atoms. The first-order valence-corrected chi connectivity index (χ1v) is 9.04. The van der Waals surface area contributed by atoms with Crippen LogP contribution in [0.4, 0.5) is 5.69 Å². The second-order valence-electron chi connectivity index (χ2n) is 6.67.